The SMILES string of the molecule is COc1cccc2c1[C@@H]1CN(CCCCN3C(=O)NC4C(SC5NCC(c6ccccc6)NC54)C3=O)C[C@@H]1CO2. The quantitative estimate of drug-likeness (QED) is 0.443. The van der Waals surface area contributed by atoms with Crippen LogP contribution in [0, 0.1) is 5.92 Å². The number of rotatable bonds is 7. The van der Waals surface area contributed by atoms with E-state index >= 15 is 0 Å². The fourth-order valence-corrected chi connectivity index (χ4v) is 8.77. The lowest BCUT2D eigenvalue weighted by molar-refractivity contribution is -0.129. The van der Waals surface area contributed by atoms with Crippen LogP contribution in [0.3, 0.4) is 0 Å². The first-order valence-corrected chi connectivity index (χ1v) is 15.4. The molecule has 5 aliphatic heterocycles. The third-order valence-corrected chi connectivity index (χ3v) is 10.7. The van der Waals surface area contributed by atoms with Crippen molar-refractivity contribution in [3.63, 3.8) is 0 Å². The average Bonchev–Trinajstić information content (AvgIpc) is 3.58. The molecule has 9 nitrogen and oxygen atoms in total. The molecule has 4 saturated heterocycles. The Morgan fingerprint density at radius 2 is 1.88 bits per heavy atom. The monoisotopic (exact) mass is 563 g/mol. The van der Waals surface area contributed by atoms with E-state index in [0.717, 1.165) is 57.1 Å². The Kier molecular flexibility index (Phi) is 7.11. The second-order valence-electron chi connectivity index (χ2n) is 11.5. The van der Waals surface area contributed by atoms with Crippen LogP contribution in [0.2, 0.25) is 0 Å². The first-order chi connectivity index (χ1) is 19.6. The summed E-state index contributed by atoms with van der Waals surface area (Å²) in [6, 6.07) is 16.1. The van der Waals surface area contributed by atoms with E-state index in [4.69, 9.17) is 9.47 Å². The third kappa shape index (κ3) is 4.64. The molecule has 0 radical (unpaired) electrons. The fraction of sp³-hybridized carbons (Fsp3) is 0.533. The van der Waals surface area contributed by atoms with Crippen molar-refractivity contribution in [2.75, 3.05) is 46.4 Å². The summed E-state index contributed by atoms with van der Waals surface area (Å²) in [7, 11) is 1.72. The molecule has 10 heteroatoms. The molecule has 2 aromatic rings. The van der Waals surface area contributed by atoms with Gasteiger partial charge < -0.3 is 30.3 Å². The van der Waals surface area contributed by atoms with Crippen molar-refractivity contribution < 1.29 is 19.1 Å². The molecular weight excluding hydrogens is 526 g/mol. The number of hydrogen-bond acceptors (Lipinski definition) is 8. The van der Waals surface area contributed by atoms with E-state index in [0.29, 0.717) is 18.4 Å². The van der Waals surface area contributed by atoms with Gasteiger partial charge in [0.25, 0.3) is 0 Å². The molecule has 40 heavy (non-hydrogen) atoms. The summed E-state index contributed by atoms with van der Waals surface area (Å²) in [5.41, 5.74) is 2.41. The van der Waals surface area contributed by atoms with E-state index in [-0.39, 0.29) is 40.7 Å². The zero-order chi connectivity index (χ0) is 27.2. The van der Waals surface area contributed by atoms with E-state index in [9.17, 15) is 9.59 Å². The summed E-state index contributed by atoms with van der Waals surface area (Å²) in [6.45, 7) is 4.92. The van der Waals surface area contributed by atoms with Crippen molar-refractivity contribution in [3.8, 4) is 11.5 Å². The van der Waals surface area contributed by atoms with Crippen molar-refractivity contribution in [1.82, 2.24) is 25.8 Å². The number of carbonyl (C=O) groups excluding carboxylic acids is 2. The zero-order valence-electron chi connectivity index (χ0n) is 22.8. The first-order valence-electron chi connectivity index (χ1n) is 14.4. The third-order valence-electron chi connectivity index (χ3n) is 9.19. The van der Waals surface area contributed by atoms with Gasteiger partial charge in [0.1, 0.15) is 16.7 Å². The fourth-order valence-electron chi connectivity index (χ4n) is 7.19. The van der Waals surface area contributed by atoms with Gasteiger partial charge >= 0.3 is 6.03 Å². The summed E-state index contributed by atoms with van der Waals surface area (Å²) in [5.74, 6) is 2.68. The molecule has 5 heterocycles. The van der Waals surface area contributed by atoms with Gasteiger partial charge in [-0.15, -0.1) is 11.8 Å². The minimum atomic E-state index is -0.265. The number of imide groups is 1. The van der Waals surface area contributed by atoms with Crippen LogP contribution in [0.1, 0.15) is 35.9 Å². The Morgan fingerprint density at radius 1 is 1.02 bits per heavy atom. The standard InChI is InChI=1S/C30H37N5O4S/c1-38-22-10-7-11-23-24(22)20-16-34(15-19(20)17-39-23)12-5-6-13-35-29(36)27-25(33-30(35)37)26-28(40-27)31-14-21(32-26)18-8-3-2-4-9-18/h2-4,7-11,19-21,25-28,31-32H,5-6,12-17H2,1H3,(H,33,37)/t19-,20-,21?,25?,26?,27?,28?/m1/s1. The summed E-state index contributed by atoms with van der Waals surface area (Å²) < 4.78 is 11.7. The highest BCUT2D eigenvalue weighted by atomic mass is 32.2. The Labute approximate surface area is 239 Å². The van der Waals surface area contributed by atoms with E-state index in [1.807, 2.05) is 36.4 Å². The number of urea groups is 1. The van der Waals surface area contributed by atoms with Crippen LogP contribution >= 0.6 is 11.8 Å². The lowest BCUT2D eigenvalue weighted by Gasteiger charge is -2.39. The molecule has 3 N–H and O–H groups in total. The van der Waals surface area contributed by atoms with Gasteiger partial charge in [-0.05, 0) is 37.1 Å². The van der Waals surface area contributed by atoms with E-state index in [2.05, 4.69) is 33.0 Å². The molecular formula is C30H37N5O4S. The highest BCUT2D eigenvalue weighted by Gasteiger charge is 2.54. The second kappa shape index (κ2) is 10.9. The largest absolute Gasteiger partial charge is 0.496 e. The van der Waals surface area contributed by atoms with Gasteiger partial charge in [-0.3, -0.25) is 9.69 Å². The van der Waals surface area contributed by atoms with Gasteiger partial charge in [0.2, 0.25) is 5.91 Å². The van der Waals surface area contributed by atoms with Crippen LogP contribution in [0.5, 0.6) is 11.5 Å². The molecule has 7 atom stereocenters. The molecule has 0 spiro atoms. The van der Waals surface area contributed by atoms with Gasteiger partial charge in [-0.2, -0.15) is 0 Å². The number of methoxy groups -OCH3 is 1. The number of benzene rings is 2. The normalized spacial score (nSPS) is 32.9. The van der Waals surface area contributed by atoms with Crippen LogP contribution in [-0.4, -0.2) is 90.9 Å². The topological polar surface area (TPSA) is 95.2 Å². The minimum absolute atomic E-state index is 0.00967. The van der Waals surface area contributed by atoms with Crippen LogP contribution in [-0.2, 0) is 4.79 Å². The average molecular weight is 564 g/mol. The van der Waals surface area contributed by atoms with Gasteiger partial charge in [-0.1, -0.05) is 36.4 Å². The molecule has 4 fully saturated rings. The summed E-state index contributed by atoms with van der Waals surface area (Å²) in [6.07, 6.45) is 1.73. The number of ether oxygens (including phenoxy) is 2. The van der Waals surface area contributed by atoms with Crippen molar-refractivity contribution in [1.29, 1.82) is 0 Å². The van der Waals surface area contributed by atoms with Crippen molar-refractivity contribution in [2.45, 2.75) is 47.5 Å². The highest BCUT2D eigenvalue weighted by molar-refractivity contribution is 8.01. The maximum Gasteiger partial charge on any atom is 0.324 e. The number of nitrogens with zero attached hydrogens (tertiary/aromatic N) is 2. The first kappa shape index (κ1) is 26.1. The number of thioether (sulfide) groups is 1. The second-order valence-corrected chi connectivity index (χ2v) is 12.8. The van der Waals surface area contributed by atoms with Gasteiger partial charge in [-0.25, -0.2) is 4.79 Å². The maximum absolute atomic E-state index is 13.5. The Bertz CT molecular complexity index is 1250. The predicted octanol–water partition coefficient (Wildman–Crippen LogP) is 2.55. The van der Waals surface area contributed by atoms with Crippen molar-refractivity contribution in [2.24, 2.45) is 5.92 Å². The minimum Gasteiger partial charge on any atom is -0.496 e. The van der Waals surface area contributed by atoms with Crippen molar-refractivity contribution >= 4 is 23.7 Å². The number of nitrogens with one attached hydrogen (secondary N) is 3. The molecule has 3 amide bonds. The predicted molar refractivity (Wildman–Crippen MR) is 154 cm³/mol. The smallest absolute Gasteiger partial charge is 0.324 e. The number of likely N-dealkylation sites (tertiary alicyclic amines) is 1. The number of fused-ring (bicyclic) bond motifs is 6. The molecule has 7 rings (SSSR count). The number of unbranched alkanes of at least 4 members (excludes halogenated alkanes) is 1. The van der Waals surface area contributed by atoms with E-state index in [1.54, 1.807) is 18.9 Å². The van der Waals surface area contributed by atoms with Gasteiger partial charge in [0, 0.05) is 49.6 Å². The number of piperazine rings is 1. The van der Waals surface area contributed by atoms with Crippen LogP contribution in [0.15, 0.2) is 48.5 Å². The van der Waals surface area contributed by atoms with Crippen LogP contribution in [0.4, 0.5) is 4.79 Å². The van der Waals surface area contributed by atoms with Gasteiger partial charge in [0.05, 0.1) is 31.2 Å². The number of carbonyl (C=O) groups is 2. The molecule has 212 valence electrons. The van der Waals surface area contributed by atoms with E-state index in [1.165, 1.54) is 16.0 Å². The summed E-state index contributed by atoms with van der Waals surface area (Å²) in [5, 5.41) is 10.3. The molecule has 5 aliphatic rings. The Balaban J connectivity index is 0.920. The molecule has 5 unspecified atom stereocenters. The molecule has 0 saturated carbocycles. The molecule has 0 bridgehead atoms. The highest BCUT2D eigenvalue weighted by Crippen LogP contribution is 2.46. The summed E-state index contributed by atoms with van der Waals surface area (Å²) in [4.78, 5) is 30.5. The number of amides is 3. The lowest BCUT2D eigenvalue weighted by atomic mass is 9.86. The molecule has 0 aliphatic carbocycles. The summed E-state index contributed by atoms with van der Waals surface area (Å²) >= 11 is 1.65. The molecule has 0 aromatic heterocycles. The lowest BCUT2D eigenvalue weighted by Crippen LogP contribution is -2.67. The zero-order valence-corrected chi connectivity index (χ0v) is 23.6. The maximum atomic E-state index is 13.5. The van der Waals surface area contributed by atoms with E-state index < -0.39 is 0 Å². The van der Waals surface area contributed by atoms with Crippen LogP contribution < -0.4 is 25.4 Å². The van der Waals surface area contributed by atoms with Crippen LogP contribution in [0.25, 0.3) is 0 Å². The Hall–Kier alpha value is -2.79. The Morgan fingerprint density at radius 3 is 2.73 bits per heavy atom. The van der Waals surface area contributed by atoms with Gasteiger partial charge in [0.15, 0.2) is 0 Å². The number of hydrogen-bond donors (Lipinski definition) is 3. The van der Waals surface area contributed by atoms with Crippen molar-refractivity contribution in [3.05, 3.63) is 59.7 Å². The molecule has 2 aromatic carbocycles.